The van der Waals surface area contributed by atoms with Crippen molar-refractivity contribution >= 4 is 17.6 Å². The number of carboxylic acid groups (broad SMARTS) is 1. The number of hydrogen-bond donors (Lipinski definition) is 3. The Balaban J connectivity index is 1.99. The van der Waals surface area contributed by atoms with Gasteiger partial charge in [-0.05, 0) is 13.8 Å². The van der Waals surface area contributed by atoms with Crippen LogP contribution >= 0.6 is 0 Å². The highest BCUT2D eigenvalue weighted by Gasteiger charge is 2.20. The topological polar surface area (TPSA) is 105 Å². The van der Waals surface area contributed by atoms with Crippen LogP contribution in [-0.4, -0.2) is 52.6 Å². The zero-order valence-electron chi connectivity index (χ0n) is 12.2. The van der Waals surface area contributed by atoms with Crippen molar-refractivity contribution in [1.29, 1.82) is 0 Å². The summed E-state index contributed by atoms with van der Waals surface area (Å²) in [7, 11) is 0. The molecule has 0 bridgehead atoms. The lowest BCUT2D eigenvalue weighted by Crippen LogP contribution is -2.43. The van der Waals surface area contributed by atoms with Gasteiger partial charge in [0.05, 0.1) is 30.3 Å². The average Bonchev–Trinajstić information content (AvgIpc) is 2.67. The Hall–Kier alpha value is -1.93. The SMILES string of the molecule is Cc1nn(CC(=O)O)c(C)c1NC(=O)C[C@@H]1COCCN1. The van der Waals surface area contributed by atoms with Gasteiger partial charge in [0, 0.05) is 19.0 Å². The number of morpholine rings is 1. The van der Waals surface area contributed by atoms with E-state index >= 15 is 0 Å². The van der Waals surface area contributed by atoms with Gasteiger partial charge in [0.1, 0.15) is 6.54 Å². The quantitative estimate of drug-likeness (QED) is 0.701. The molecular formula is C13H20N4O4. The fourth-order valence-corrected chi connectivity index (χ4v) is 2.32. The fraction of sp³-hybridized carbons (Fsp3) is 0.615. The molecule has 0 radical (unpaired) electrons. The third kappa shape index (κ3) is 4.02. The fourth-order valence-electron chi connectivity index (χ4n) is 2.32. The van der Waals surface area contributed by atoms with Crippen molar-refractivity contribution in [1.82, 2.24) is 15.1 Å². The van der Waals surface area contributed by atoms with Crippen molar-refractivity contribution < 1.29 is 19.4 Å². The number of nitrogens with zero attached hydrogens (tertiary/aromatic N) is 2. The largest absolute Gasteiger partial charge is 0.480 e. The Morgan fingerprint density at radius 2 is 2.29 bits per heavy atom. The average molecular weight is 296 g/mol. The van der Waals surface area contributed by atoms with Gasteiger partial charge in [0.25, 0.3) is 0 Å². The summed E-state index contributed by atoms with van der Waals surface area (Å²) in [6.45, 7) is 5.18. The van der Waals surface area contributed by atoms with Gasteiger partial charge in [-0.3, -0.25) is 14.3 Å². The molecule has 8 heteroatoms. The molecule has 1 amide bonds. The van der Waals surface area contributed by atoms with Gasteiger partial charge in [-0.15, -0.1) is 0 Å². The maximum atomic E-state index is 12.1. The maximum absolute atomic E-state index is 12.1. The molecule has 2 heterocycles. The number of amides is 1. The second kappa shape index (κ2) is 6.68. The van der Waals surface area contributed by atoms with Gasteiger partial charge < -0.3 is 20.5 Å². The Bertz CT molecular complexity index is 535. The molecule has 3 N–H and O–H groups in total. The van der Waals surface area contributed by atoms with Gasteiger partial charge >= 0.3 is 5.97 Å². The number of carbonyl (C=O) groups is 2. The minimum Gasteiger partial charge on any atom is -0.480 e. The second-order valence-electron chi connectivity index (χ2n) is 5.08. The summed E-state index contributed by atoms with van der Waals surface area (Å²) >= 11 is 0. The van der Waals surface area contributed by atoms with Crippen LogP contribution in [0, 0.1) is 13.8 Å². The first-order valence-corrected chi connectivity index (χ1v) is 6.84. The number of aryl methyl sites for hydroxylation is 1. The van der Waals surface area contributed by atoms with Gasteiger partial charge in [-0.2, -0.15) is 5.10 Å². The molecule has 0 aromatic carbocycles. The first-order chi connectivity index (χ1) is 9.97. The maximum Gasteiger partial charge on any atom is 0.325 e. The molecule has 2 rings (SSSR count). The lowest BCUT2D eigenvalue weighted by Gasteiger charge is -2.23. The van der Waals surface area contributed by atoms with Gasteiger partial charge in [0.15, 0.2) is 0 Å². The van der Waals surface area contributed by atoms with E-state index in [2.05, 4.69) is 15.7 Å². The number of nitrogens with one attached hydrogen (secondary N) is 2. The lowest BCUT2D eigenvalue weighted by molar-refractivity contribution is -0.137. The van der Waals surface area contributed by atoms with E-state index in [1.165, 1.54) is 4.68 Å². The molecular weight excluding hydrogens is 276 g/mol. The number of carboxylic acids is 1. The molecule has 0 unspecified atom stereocenters. The van der Waals surface area contributed by atoms with Crippen LogP contribution in [0.1, 0.15) is 17.8 Å². The highest BCUT2D eigenvalue weighted by atomic mass is 16.5. The van der Waals surface area contributed by atoms with Crippen molar-refractivity contribution in [2.24, 2.45) is 0 Å². The van der Waals surface area contributed by atoms with Crippen LogP contribution in [-0.2, 0) is 20.9 Å². The first kappa shape index (κ1) is 15.5. The Morgan fingerprint density at radius 1 is 1.52 bits per heavy atom. The molecule has 1 aliphatic rings. The van der Waals surface area contributed by atoms with Crippen LogP contribution in [0.5, 0.6) is 0 Å². The molecule has 1 saturated heterocycles. The summed E-state index contributed by atoms with van der Waals surface area (Å²) < 4.78 is 6.67. The Labute approximate surface area is 122 Å². The number of ether oxygens (including phenoxy) is 1. The lowest BCUT2D eigenvalue weighted by atomic mass is 10.2. The van der Waals surface area contributed by atoms with E-state index in [9.17, 15) is 9.59 Å². The standard InChI is InChI=1S/C13H20N4O4/c1-8-13(9(2)17(16-8)6-12(19)20)15-11(18)5-10-7-21-4-3-14-10/h10,14H,3-7H2,1-2H3,(H,15,18)(H,19,20)/t10-/m1/s1. The molecule has 1 aromatic rings. The molecule has 1 fully saturated rings. The summed E-state index contributed by atoms with van der Waals surface area (Å²) in [6, 6.07) is 0.00780. The van der Waals surface area contributed by atoms with Gasteiger partial charge in [0.2, 0.25) is 5.91 Å². The Kier molecular flexibility index (Phi) is 4.92. The van der Waals surface area contributed by atoms with Crippen molar-refractivity contribution in [3.63, 3.8) is 0 Å². The zero-order valence-corrected chi connectivity index (χ0v) is 12.2. The number of carbonyl (C=O) groups excluding carboxylic acids is 1. The molecule has 1 atom stereocenters. The molecule has 21 heavy (non-hydrogen) atoms. The molecule has 0 saturated carbocycles. The van der Waals surface area contributed by atoms with E-state index in [-0.39, 0.29) is 18.5 Å². The van der Waals surface area contributed by atoms with Crippen LogP contribution in [0.3, 0.4) is 0 Å². The predicted octanol–water partition coefficient (Wildman–Crippen LogP) is -0.0985. The van der Waals surface area contributed by atoms with E-state index in [1.54, 1.807) is 13.8 Å². The molecule has 0 aliphatic carbocycles. The Morgan fingerprint density at radius 3 is 2.90 bits per heavy atom. The summed E-state index contributed by atoms with van der Waals surface area (Å²) in [6.07, 6.45) is 0.309. The second-order valence-corrected chi connectivity index (χ2v) is 5.08. The monoisotopic (exact) mass is 296 g/mol. The van der Waals surface area contributed by atoms with Crippen LogP contribution < -0.4 is 10.6 Å². The summed E-state index contributed by atoms with van der Waals surface area (Å²) in [5.74, 6) is -1.11. The normalized spacial score (nSPS) is 18.5. The smallest absolute Gasteiger partial charge is 0.325 e. The number of hydrogen-bond acceptors (Lipinski definition) is 5. The highest BCUT2D eigenvalue weighted by molar-refractivity contribution is 5.92. The molecule has 0 spiro atoms. The zero-order chi connectivity index (χ0) is 15.4. The molecule has 1 aromatic heterocycles. The molecule has 1 aliphatic heterocycles. The summed E-state index contributed by atoms with van der Waals surface area (Å²) in [5.41, 5.74) is 1.82. The summed E-state index contributed by atoms with van der Waals surface area (Å²) in [4.78, 5) is 22.8. The van der Waals surface area contributed by atoms with E-state index in [0.29, 0.717) is 36.7 Å². The third-order valence-electron chi connectivity index (χ3n) is 3.36. The van der Waals surface area contributed by atoms with E-state index in [1.807, 2.05) is 0 Å². The van der Waals surface area contributed by atoms with Crippen LogP contribution in [0.4, 0.5) is 5.69 Å². The van der Waals surface area contributed by atoms with Crippen LogP contribution in [0.25, 0.3) is 0 Å². The minimum absolute atomic E-state index is 0.00780. The highest BCUT2D eigenvalue weighted by Crippen LogP contribution is 2.19. The van der Waals surface area contributed by atoms with Crippen molar-refractivity contribution in [2.45, 2.75) is 32.9 Å². The minimum atomic E-state index is -0.970. The number of aromatic nitrogens is 2. The van der Waals surface area contributed by atoms with Crippen LogP contribution in [0.2, 0.25) is 0 Å². The predicted molar refractivity (Wildman–Crippen MR) is 75.2 cm³/mol. The van der Waals surface area contributed by atoms with E-state index < -0.39 is 5.97 Å². The number of aliphatic carboxylic acids is 1. The van der Waals surface area contributed by atoms with Gasteiger partial charge in [-0.1, -0.05) is 0 Å². The number of anilines is 1. The first-order valence-electron chi connectivity index (χ1n) is 6.84. The van der Waals surface area contributed by atoms with Crippen molar-refractivity contribution in [3.05, 3.63) is 11.4 Å². The molecule has 116 valence electrons. The molecule has 8 nitrogen and oxygen atoms in total. The summed E-state index contributed by atoms with van der Waals surface area (Å²) in [5, 5.41) is 19.0. The van der Waals surface area contributed by atoms with E-state index in [0.717, 1.165) is 6.54 Å². The van der Waals surface area contributed by atoms with Crippen LogP contribution in [0.15, 0.2) is 0 Å². The van der Waals surface area contributed by atoms with E-state index in [4.69, 9.17) is 9.84 Å². The van der Waals surface area contributed by atoms with Crippen molar-refractivity contribution in [3.8, 4) is 0 Å². The van der Waals surface area contributed by atoms with Gasteiger partial charge in [-0.25, -0.2) is 0 Å². The third-order valence-corrected chi connectivity index (χ3v) is 3.36. The van der Waals surface area contributed by atoms with Crippen molar-refractivity contribution in [2.75, 3.05) is 25.1 Å². The number of rotatable bonds is 5.